The number of benzene rings is 1. The van der Waals surface area contributed by atoms with Crippen LogP contribution in [0.15, 0.2) is 42.6 Å². The molecule has 1 aliphatic heterocycles. The van der Waals surface area contributed by atoms with Gasteiger partial charge in [0.1, 0.15) is 11.6 Å². The summed E-state index contributed by atoms with van der Waals surface area (Å²) in [5.41, 5.74) is 5.55. The average Bonchev–Trinajstić information content (AvgIpc) is 3.33. The Morgan fingerprint density at radius 2 is 1.91 bits per heavy atom. The second kappa shape index (κ2) is 7.92. The number of carbonyl (C=O) groups excluding carboxylic acids is 1. The zero-order valence-electron chi connectivity index (χ0n) is 18.1. The third-order valence-electron chi connectivity index (χ3n) is 5.74. The lowest BCUT2D eigenvalue weighted by atomic mass is 9.94. The molecule has 1 unspecified atom stereocenters. The number of aromatic nitrogens is 7. The summed E-state index contributed by atoms with van der Waals surface area (Å²) in [5, 5.41) is 14.2. The van der Waals surface area contributed by atoms with Gasteiger partial charge < -0.3 is 0 Å². The number of nitrogens with zero attached hydrogens (tertiary/aromatic N) is 7. The molecule has 0 fully saturated rings. The average molecular weight is 426 g/mol. The van der Waals surface area contributed by atoms with Gasteiger partial charge in [0.25, 0.3) is 0 Å². The number of carbonyl (C=O) groups is 1. The predicted octanol–water partition coefficient (Wildman–Crippen LogP) is 3.06. The number of aromatic amines is 1. The number of hydrogen-bond acceptors (Lipinski definition) is 7. The van der Waals surface area contributed by atoms with Crippen molar-refractivity contribution in [2.45, 2.75) is 33.7 Å². The summed E-state index contributed by atoms with van der Waals surface area (Å²) in [6.07, 6.45) is 2.48. The Morgan fingerprint density at radius 1 is 1.09 bits per heavy atom. The van der Waals surface area contributed by atoms with E-state index in [4.69, 9.17) is 0 Å². The lowest BCUT2D eigenvalue weighted by Gasteiger charge is -2.32. The minimum atomic E-state index is -0.117. The smallest absolute Gasteiger partial charge is 0.231 e. The van der Waals surface area contributed by atoms with Crippen molar-refractivity contribution in [3.63, 3.8) is 0 Å². The Hall–Kier alpha value is -4.01. The topological polar surface area (TPSA) is 113 Å². The van der Waals surface area contributed by atoms with E-state index in [2.05, 4.69) is 35.6 Å². The molecular weight excluding hydrogens is 404 g/mol. The molecule has 9 nitrogen and oxygen atoms in total. The number of tetrazole rings is 1. The highest BCUT2D eigenvalue weighted by atomic mass is 16.2. The number of H-pyrrole nitrogens is 1. The number of anilines is 1. The lowest BCUT2D eigenvalue weighted by Crippen LogP contribution is -2.41. The first-order valence-electron chi connectivity index (χ1n) is 10.4. The maximum absolute atomic E-state index is 13.0. The molecule has 0 spiro atoms. The van der Waals surface area contributed by atoms with Gasteiger partial charge in [0.15, 0.2) is 5.82 Å². The van der Waals surface area contributed by atoms with Gasteiger partial charge in [-0.15, -0.1) is 5.10 Å². The van der Waals surface area contributed by atoms with Crippen molar-refractivity contribution in [2.75, 3.05) is 4.90 Å². The molecule has 0 bridgehead atoms. The molecule has 0 saturated carbocycles. The van der Waals surface area contributed by atoms with Crippen molar-refractivity contribution >= 4 is 11.7 Å². The molecule has 0 aliphatic carbocycles. The molecule has 3 aromatic heterocycles. The number of amides is 1. The van der Waals surface area contributed by atoms with Gasteiger partial charge in [0.05, 0.1) is 12.2 Å². The van der Waals surface area contributed by atoms with Crippen molar-refractivity contribution < 1.29 is 4.79 Å². The Kier molecular flexibility index (Phi) is 4.93. The summed E-state index contributed by atoms with van der Waals surface area (Å²) in [7, 11) is 0. The van der Waals surface area contributed by atoms with Crippen molar-refractivity contribution in [1.82, 2.24) is 35.6 Å². The normalized spacial score (nSPS) is 15.7. The van der Waals surface area contributed by atoms with Gasteiger partial charge in [0.2, 0.25) is 5.91 Å². The van der Waals surface area contributed by atoms with Gasteiger partial charge in [0, 0.05) is 34.5 Å². The standard InChI is InChI=1S/C23H22N8O/c1-13-10-20-14(2)25-15(3)26-22(20)31(23(13)32)12-17-9-8-16(11-24-17)18-6-4-5-7-19(18)21-27-29-30-28-21/h4-9,11,13H,10,12H2,1-3H3,(H,27,28,29,30). The van der Waals surface area contributed by atoms with Gasteiger partial charge in [-0.25, -0.2) is 15.1 Å². The highest BCUT2D eigenvalue weighted by Crippen LogP contribution is 2.32. The molecule has 9 heteroatoms. The number of aryl methyl sites for hydroxylation is 2. The first kappa shape index (κ1) is 19.9. The fraction of sp³-hybridized carbons (Fsp3) is 0.261. The molecule has 4 heterocycles. The van der Waals surface area contributed by atoms with Crippen LogP contribution in [0.2, 0.25) is 0 Å². The summed E-state index contributed by atoms with van der Waals surface area (Å²) in [6, 6.07) is 11.8. The van der Waals surface area contributed by atoms with Crippen molar-refractivity contribution in [3.8, 4) is 22.5 Å². The van der Waals surface area contributed by atoms with Gasteiger partial charge in [-0.1, -0.05) is 37.3 Å². The number of rotatable bonds is 4. The number of fused-ring (bicyclic) bond motifs is 1. The van der Waals surface area contributed by atoms with Crippen LogP contribution >= 0.6 is 0 Å². The SMILES string of the molecule is Cc1nc(C)c2c(n1)N(Cc1ccc(-c3ccccc3-c3nnn[nH]3)cn1)C(=O)C(C)C2. The molecule has 32 heavy (non-hydrogen) atoms. The molecule has 0 saturated heterocycles. The van der Waals surface area contributed by atoms with Crippen LogP contribution in [0.5, 0.6) is 0 Å². The van der Waals surface area contributed by atoms with Crippen molar-refractivity contribution in [3.05, 3.63) is 65.4 Å². The minimum Gasteiger partial charge on any atom is -0.290 e. The Balaban J connectivity index is 1.46. The molecule has 1 amide bonds. The van der Waals surface area contributed by atoms with E-state index in [-0.39, 0.29) is 11.8 Å². The largest absolute Gasteiger partial charge is 0.290 e. The van der Waals surface area contributed by atoms with E-state index in [1.807, 2.05) is 63.4 Å². The number of pyridine rings is 1. The van der Waals surface area contributed by atoms with Crippen molar-refractivity contribution in [2.24, 2.45) is 5.92 Å². The third-order valence-corrected chi connectivity index (χ3v) is 5.74. The van der Waals surface area contributed by atoms with E-state index in [1.165, 1.54) is 0 Å². The molecule has 1 atom stereocenters. The Bertz CT molecular complexity index is 1280. The lowest BCUT2D eigenvalue weighted by molar-refractivity contribution is -0.122. The highest BCUT2D eigenvalue weighted by Gasteiger charge is 2.33. The number of hydrogen-bond donors (Lipinski definition) is 1. The molecular formula is C23H22N8O. The molecule has 5 rings (SSSR count). The Labute approximate surface area is 185 Å². The van der Waals surface area contributed by atoms with Gasteiger partial charge >= 0.3 is 0 Å². The van der Waals surface area contributed by atoms with E-state index in [0.29, 0.717) is 30.4 Å². The fourth-order valence-electron chi connectivity index (χ4n) is 4.15. The molecule has 1 aromatic carbocycles. The maximum atomic E-state index is 13.0. The van der Waals surface area contributed by atoms with Crippen LogP contribution < -0.4 is 4.90 Å². The molecule has 160 valence electrons. The van der Waals surface area contributed by atoms with Gasteiger partial charge in [-0.05, 0) is 42.3 Å². The molecule has 0 radical (unpaired) electrons. The monoisotopic (exact) mass is 426 g/mol. The first-order chi connectivity index (χ1) is 15.5. The van der Waals surface area contributed by atoms with Crippen LogP contribution in [0.4, 0.5) is 5.82 Å². The van der Waals surface area contributed by atoms with Crippen LogP contribution in [-0.2, 0) is 17.8 Å². The third kappa shape index (κ3) is 3.51. The highest BCUT2D eigenvalue weighted by molar-refractivity contribution is 5.97. The summed E-state index contributed by atoms with van der Waals surface area (Å²) in [4.78, 5) is 28.4. The second-order valence-electron chi connectivity index (χ2n) is 8.02. The quantitative estimate of drug-likeness (QED) is 0.533. The van der Waals surface area contributed by atoms with Crippen LogP contribution in [0.25, 0.3) is 22.5 Å². The van der Waals surface area contributed by atoms with E-state index in [1.54, 1.807) is 4.90 Å². The van der Waals surface area contributed by atoms with E-state index in [0.717, 1.165) is 33.6 Å². The zero-order valence-corrected chi connectivity index (χ0v) is 18.1. The van der Waals surface area contributed by atoms with Crippen LogP contribution in [0, 0.1) is 19.8 Å². The van der Waals surface area contributed by atoms with E-state index < -0.39 is 0 Å². The van der Waals surface area contributed by atoms with E-state index >= 15 is 0 Å². The molecule has 1 N–H and O–H groups in total. The fourth-order valence-corrected chi connectivity index (χ4v) is 4.15. The molecule has 1 aliphatic rings. The van der Waals surface area contributed by atoms with Gasteiger partial charge in [-0.3, -0.25) is 14.7 Å². The summed E-state index contributed by atoms with van der Waals surface area (Å²) in [6.45, 7) is 6.13. The minimum absolute atomic E-state index is 0.0593. The summed E-state index contributed by atoms with van der Waals surface area (Å²) in [5.74, 6) is 1.90. The summed E-state index contributed by atoms with van der Waals surface area (Å²) < 4.78 is 0. The maximum Gasteiger partial charge on any atom is 0.231 e. The van der Waals surface area contributed by atoms with Gasteiger partial charge in [-0.2, -0.15) is 0 Å². The van der Waals surface area contributed by atoms with E-state index in [9.17, 15) is 4.79 Å². The summed E-state index contributed by atoms with van der Waals surface area (Å²) >= 11 is 0. The Morgan fingerprint density at radius 3 is 2.62 bits per heavy atom. The van der Waals surface area contributed by atoms with Crippen LogP contribution in [0.3, 0.4) is 0 Å². The number of nitrogens with one attached hydrogen (secondary N) is 1. The predicted molar refractivity (Wildman–Crippen MR) is 118 cm³/mol. The van der Waals surface area contributed by atoms with Crippen LogP contribution in [-0.4, -0.2) is 41.5 Å². The van der Waals surface area contributed by atoms with Crippen molar-refractivity contribution in [1.29, 1.82) is 0 Å². The second-order valence-corrected chi connectivity index (χ2v) is 8.02. The first-order valence-corrected chi connectivity index (χ1v) is 10.4. The molecule has 4 aromatic rings. The zero-order chi connectivity index (χ0) is 22.2. The van der Waals surface area contributed by atoms with Crippen LogP contribution in [0.1, 0.15) is 29.7 Å².